The van der Waals surface area contributed by atoms with E-state index in [2.05, 4.69) is 5.32 Å². The largest absolute Gasteiger partial charge is 0.444 e. The van der Waals surface area contributed by atoms with Crippen LogP contribution in [0.1, 0.15) is 47.0 Å². The third-order valence-electron chi connectivity index (χ3n) is 2.87. The lowest BCUT2D eigenvalue weighted by Gasteiger charge is -2.32. The van der Waals surface area contributed by atoms with Crippen LogP contribution < -0.4 is 5.32 Å². The highest BCUT2D eigenvalue weighted by molar-refractivity contribution is 5.68. The van der Waals surface area contributed by atoms with Crippen molar-refractivity contribution in [2.45, 2.75) is 64.7 Å². The molecular weight excluding hydrogens is 206 g/mol. The number of alkyl carbamates (subject to hydrolysis) is 1. The quantitative estimate of drug-likeness (QED) is 0.723. The van der Waals surface area contributed by atoms with E-state index >= 15 is 0 Å². The molecule has 0 aromatic rings. The van der Waals surface area contributed by atoms with Crippen LogP contribution in [0, 0.1) is 5.92 Å². The van der Waals surface area contributed by atoms with Crippen molar-refractivity contribution >= 4 is 6.09 Å². The van der Waals surface area contributed by atoms with Crippen LogP contribution in [0.5, 0.6) is 0 Å². The molecule has 1 saturated carbocycles. The Morgan fingerprint density at radius 1 is 1.38 bits per heavy atom. The van der Waals surface area contributed by atoms with Gasteiger partial charge in [-0.3, -0.25) is 0 Å². The maximum atomic E-state index is 11.5. The Kier molecular flexibility index (Phi) is 4.19. The van der Waals surface area contributed by atoms with Gasteiger partial charge in [0.2, 0.25) is 0 Å². The third-order valence-corrected chi connectivity index (χ3v) is 2.87. The van der Waals surface area contributed by atoms with E-state index in [1.807, 2.05) is 27.7 Å². The van der Waals surface area contributed by atoms with Crippen LogP contribution >= 0.6 is 0 Å². The first-order valence-electron chi connectivity index (χ1n) is 5.95. The normalized spacial score (nSPS) is 30.9. The zero-order valence-corrected chi connectivity index (χ0v) is 10.6. The van der Waals surface area contributed by atoms with Gasteiger partial charge in [0.05, 0.1) is 6.10 Å². The third kappa shape index (κ3) is 4.39. The highest BCUT2D eigenvalue weighted by Crippen LogP contribution is 2.24. The highest BCUT2D eigenvalue weighted by atomic mass is 16.6. The molecule has 0 spiro atoms. The molecule has 0 aliphatic heterocycles. The highest BCUT2D eigenvalue weighted by Gasteiger charge is 2.28. The Bertz CT molecular complexity index is 247. The number of amides is 1. The van der Waals surface area contributed by atoms with Crippen LogP contribution in [0.2, 0.25) is 0 Å². The summed E-state index contributed by atoms with van der Waals surface area (Å²) in [7, 11) is 0. The van der Waals surface area contributed by atoms with Crippen molar-refractivity contribution in [2.24, 2.45) is 5.92 Å². The van der Waals surface area contributed by atoms with Gasteiger partial charge < -0.3 is 15.2 Å². The summed E-state index contributed by atoms with van der Waals surface area (Å²) in [6, 6.07) is 0.0426. The Morgan fingerprint density at radius 3 is 2.50 bits per heavy atom. The molecule has 0 saturated heterocycles. The molecule has 4 heteroatoms. The second-order valence-electron chi connectivity index (χ2n) is 5.70. The first-order valence-corrected chi connectivity index (χ1v) is 5.95. The predicted octanol–water partition coefficient (Wildman–Crippen LogP) is 2.06. The summed E-state index contributed by atoms with van der Waals surface area (Å²) in [6.45, 7) is 7.55. The molecule has 1 unspecified atom stereocenters. The summed E-state index contributed by atoms with van der Waals surface area (Å²) < 4.78 is 5.17. The monoisotopic (exact) mass is 229 g/mol. The van der Waals surface area contributed by atoms with E-state index in [0.717, 1.165) is 12.8 Å². The van der Waals surface area contributed by atoms with E-state index in [1.165, 1.54) is 0 Å². The Labute approximate surface area is 97.4 Å². The van der Waals surface area contributed by atoms with Crippen LogP contribution in [-0.2, 0) is 4.74 Å². The van der Waals surface area contributed by atoms with Gasteiger partial charge in [0.1, 0.15) is 5.60 Å². The molecule has 0 heterocycles. The molecule has 0 bridgehead atoms. The molecule has 1 rings (SSSR count). The molecule has 16 heavy (non-hydrogen) atoms. The minimum absolute atomic E-state index is 0.0426. The number of carbonyl (C=O) groups is 1. The average Bonchev–Trinajstić information content (AvgIpc) is 2.08. The van der Waals surface area contributed by atoms with E-state index in [-0.39, 0.29) is 18.2 Å². The Balaban J connectivity index is 2.35. The number of nitrogens with one attached hydrogen (secondary N) is 1. The zero-order chi connectivity index (χ0) is 12.3. The van der Waals surface area contributed by atoms with Crippen molar-refractivity contribution in [3.63, 3.8) is 0 Å². The average molecular weight is 229 g/mol. The first kappa shape index (κ1) is 13.3. The molecule has 0 aromatic carbocycles. The number of hydrogen-bond donors (Lipinski definition) is 2. The van der Waals surface area contributed by atoms with Crippen molar-refractivity contribution in [1.29, 1.82) is 0 Å². The lowest BCUT2D eigenvalue weighted by atomic mass is 9.85. The van der Waals surface area contributed by atoms with Crippen LogP contribution in [0.4, 0.5) is 4.79 Å². The van der Waals surface area contributed by atoms with Crippen molar-refractivity contribution in [1.82, 2.24) is 5.32 Å². The van der Waals surface area contributed by atoms with E-state index in [0.29, 0.717) is 12.3 Å². The summed E-state index contributed by atoms with van der Waals surface area (Å²) in [5.41, 5.74) is -0.468. The van der Waals surface area contributed by atoms with Gasteiger partial charge in [0, 0.05) is 6.04 Å². The Morgan fingerprint density at radius 2 is 2.00 bits per heavy atom. The molecule has 4 nitrogen and oxygen atoms in total. The van der Waals surface area contributed by atoms with Crippen molar-refractivity contribution in [3.8, 4) is 0 Å². The molecule has 0 radical (unpaired) electrons. The van der Waals surface area contributed by atoms with E-state index < -0.39 is 5.60 Å². The summed E-state index contributed by atoms with van der Waals surface area (Å²) >= 11 is 0. The molecule has 1 aliphatic rings. The fourth-order valence-electron chi connectivity index (χ4n) is 1.90. The SMILES string of the molecule is C[C@H]1CCC(NC(=O)OC(C)(C)C)C[C@@H]1O. The standard InChI is InChI=1S/C12H23NO3/c1-8-5-6-9(7-10(8)14)13-11(15)16-12(2,3)4/h8-10,14H,5-7H2,1-4H3,(H,13,15)/t8-,9?,10-/m0/s1. The van der Waals surface area contributed by atoms with Gasteiger partial charge in [-0.25, -0.2) is 4.79 Å². The summed E-state index contributed by atoms with van der Waals surface area (Å²) in [6.07, 6.45) is 1.78. The van der Waals surface area contributed by atoms with E-state index in [9.17, 15) is 9.90 Å². The molecule has 1 aliphatic carbocycles. The number of ether oxygens (including phenoxy) is 1. The van der Waals surface area contributed by atoms with Crippen molar-refractivity contribution in [2.75, 3.05) is 0 Å². The van der Waals surface area contributed by atoms with E-state index in [4.69, 9.17) is 4.74 Å². The summed E-state index contributed by atoms with van der Waals surface area (Å²) in [4.78, 5) is 11.5. The van der Waals surface area contributed by atoms with Gasteiger partial charge in [-0.15, -0.1) is 0 Å². The zero-order valence-electron chi connectivity index (χ0n) is 10.6. The molecule has 1 fully saturated rings. The number of hydrogen-bond acceptors (Lipinski definition) is 3. The van der Waals surface area contributed by atoms with E-state index in [1.54, 1.807) is 0 Å². The van der Waals surface area contributed by atoms with Crippen molar-refractivity contribution < 1.29 is 14.6 Å². The maximum Gasteiger partial charge on any atom is 0.407 e. The van der Waals surface area contributed by atoms with Gasteiger partial charge in [-0.2, -0.15) is 0 Å². The number of aliphatic hydroxyl groups excluding tert-OH is 1. The van der Waals surface area contributed by atoms with Crippen molar-refractivity contribution in [3.05, 3.63) is 0 Å². The van der Waals surface area contributed by atoms with Crippen LogP contribution in [-0.4, -0.2) is 28.9 Å². The summed E-state index contributed by atoms with van der Waals surface area (Å²) in [5, 5.41) is 12.5. The van der Waals surface area contributed by atoms with Gasteiger partial charge in [0.15, 0.2) is 0 Å². The fraction of sp³-hybridized carbons (Fsp3) is 0.917. The number of rotatable bonds is 1. The molecular formula is C12H23NO3. The molecule has 3 atom stereocenters. The number of carbonyl (C=O) groups excluding carboxylic acids is 1. The Hall–Kier alpha value is -0.770. The lowest BCUT2D eigenvalue weighted by molar-refractivity contribution is 0.0370. The minimum Gasteiger partial charge on any atom is -0.444 e. The molecule has 94 valence electrons. The topological polar surface area (TPSA) is 58.6 Å². The molecule has 1 amide bonds. The van der Waals surface area contributed by atoms with Gasteiger partial charge >= 0.3 is 6.09 Å². The fourth-order valence-corrected chi connectivity index (χ4v) is 1.90. The van der Waals surface area contributed by atoms with Gasteiger partial charge in [-0.05, 0) is 46.0 Å². The number of aliphatic hydroxyl groups is 1. The predicted molar refractivity (Wildman–Crippen MR) is 62.2 cm³/mol. The van der Waals surface area contributed by atoms with Crippen LogP contribution in [0.3, 0.4) is 0 Å². The minimum atomic E-state index is -0.468. The first-order chi connectivity index (χ1) is 7.28. The van der Waals surface area contributed by atoms with Crippen LogP contribution in [0.25, 0.3) is 0 Å². The smallest absolute Gasteiger partial charge is 0.407 e. The second-order valence-corrected chi connectivity index (χ2v) is 5.70. The molecule has 0 aromatic heterocycles. The van der Waals surface area contributed by atoms with Gasteiger partial charge in [-0.1, -0.05) is 6.92 Å². The maximum absolute atomic E-state index is 11.5. The summed E-state index contributed by atoms with van der Waals surface area (Å²) in [5.74, 6) is 0.330. The van der Waals surface area contributed by atoms with Crippen LogP contribution in [0.15, 0.2) is 0 Å². The molecule has 2 N–H and O–H groups in total. The van der Waals surface area contributed by atoms with Gasteiger partial charge in [0.25, 0.3) is 0 Å². The second kappa shape index (κ2) is 5.04. The lowest BCUT2D eigenvalue weighted by Crippen LogP contribution is -2.44.